The summed E-state index contributed by atoms with van der Waals surface area (Å²) >= 11 is 0. The van der Waals surface area contributed by atoms with E-state index in [4.69, 9.17) is 15.6 Å². The molecule has 0 aromatic carbocycles. The molecular weight excluding hydrogens is 158 g/mol. The second-order valence-electron chi connectivity index (χ2n) is 3.08. The number of hydrogen-bond donors (Lipinski definition) is 2. The van der Waals surface area contributed by atoms with Crippen LogP contribution in [0.15, 0.2) is 0 Å². The first-order valence-corrected chi connectivity index (χ1v) is 4.10. The Morgan fingerprint density at radius 3 is 2.58 bits per heavy atom. The lowest BCUT2D eigenvalue weighted by Gasteiger charge is -2.18. The Bertz CT molecular complexity index is 145. The van der Waals surface area contributed by atoms with Crippen LogP contribution in [0.5, 0.6) is 0 Å². The van der Waals surface area contributed by atoms with Gasteiger partial charge in [0.25, 0.3) is 0 Å². The van der Waals surface area contributed by atoms with Gasteiger partial charge >= 0.3 is 5.97 Å². The Balaban J connectivity index is 3.54. The summed E-state index contributed by atoms with van der Waals surface area (Å²) in [5.41, 5.74) is 4.30. The fourth-order valence-corrected chi connectivity index (χ4v) is 0.638. The molecule has 0 heterocycles. The molecule has 0 aliphatic carbocycles. The molecule has 72 valence electrons. The van der Waals surface area contributed by atoms with E-state index < -0.39 is 11.5 Å². The van der Waals surface area contributed by atoms with Crippen LogP contribution in [0.2, 0.25) is 0 Å². The van der Waals surface area contributed by atoms with Crippen molar-refractivity contribution in [3.8, 4) is 0 Å². The summed E-state index contributed by atoms with van der Waals surface area (Å²) in [6, 6.07) is 0. The van der Waals surface area contributed by atoms with Gasteiger partial charge < -0.3 is 15.6 Å². The van der Waals surface area contributed by atoms with Crippen LogP contribution < -0.4 is 5.73 Å². The Kier molecular flexibility index (Phi) is 4.85. The topological polar surface area (TPSA) is 72.5 Å². The second kappa shape index (κ2) is 5.11. The standard InChI is InChI=1S/C8H17NO3/c1-3-5-12-6-4-8(2,9)7(10)11/h3-6,9H2,1-2H3,(H,10,11). The van der Waals surface area contributed by atoms with Crippen LogP contribution in [0.25, 0.3) is 0 Å². The molecule has 4 nitrogen and oxygen atoms in total. The summed E-state index contributed by atoms with van der Waals surface area (Å²) in [6.07, 6.45) is 1.29. The van der Waals surface area contributed by atoms with E-state index in [0.717, 1.165) is 6.42 Å². The summed E-state index contributed by atoms with van der Waals surface area (Å²) < 4.78 is 5.13. The van der Waals surface area contributed by atoms with Crippen LogP contribution >= 0.6 is 0 Å². The molecule has 0 radical (unpaired) electrons. The minimum absolute atomic E-state index is 0.350. The third-order valence-electron chi connectivity index (χ3n) is 1.60. The third-order valence-corrected chi connectivity index (χ3v) is 1.60. The summed E-state index contributed by atoms with van der Waals surface area (Å²) in [5.74, 6) is -0.984. The lowest BCUT2D eigenvalue weighted by atomic mass is 10.0. The van der Waals surface area contributed by atoms with Crippen molar-refractivity contribution < 1.29 is 14.6 Å². The normalized spacial score (nSPS) is 15.6. The van der Waals surface area contributed by atoms with E-state index in [-0.39, 0.29) is 0 Å². The number of rotatable bonds is 6. The van der Waals surface area contributed by atoms with E-state index in [1.807, 2.05) is 6.92 Å². The van der Waals surface area contributed by atoms with Crippen molar-refractivity contribution in [1.82, 2.24) is 0 Å². The molecule has 0 saturated heterocycles. The van der Waals surface area contributed by atoms with E-state index in [9.17, 15) is 4.79 Å². The Hall–Kier alpha value is -0.610. The number of carboxylic acids is 1. The van der Waals surface area contributed by atoms with Crippen LogP contribution in [0.3, 0.4) is 0 Å². The molecule has 0 spiro atoms. The molecule has 0 saturated carbocycles. The van der Waals surface area contributed by atoms with Crippen LogP contribution in [0.4, 0.5) is 0 Å². The lowest BCUT2D eigenvalue weighted by Crippen LogP contribution is -2.45. The van der Waals surface area contributed by atoms with E-state index >= 15 is 0 Å². The minimum atomic E-state index is -1.16. The monoisotopic (exact) mass is 175 g/mol. The van der Waals surface area contributed by atoms with E-state index in [1.54, 1.807) is 0 Å². The zero-order chi connectivity index (χ0) is 9.61. The Labute approximate surface area is 72.7 Å². The molecule has 3 N–H and O–H groups in total. The summed E-state index contributed by atoms with van der Waals surface area (Å²) in [5, 5.41) is 8.62. The van der Waals surface area contributed by atoms with Gasteiger partial charge in [0.15, 0.2) is 0 Å². The molecule has 4 heteroatoms. The maximum atomic E-state index is 10.5. The number of carbonyl (C=O) groups is 1. The van der Waals surface area contributed by atoms with Crippen molar-refractivity contribution in [2.75, 3.05) is 13.2 Å². The molecule has 12 heavy (non-hydrogen) atoms. The molecule has 0 fully saturated rings. The smallest absolute Gasteiger partial charge is 0.323 e. The Morgan fingerprint density at radius 1 is 1.58 bits per heavy atom. The molecule has 1 unspecified atom stereocenters. The summed E-state index contributed by atoms with van der Waals surface area (Å²) in [4.78, 5) is 10.5. The fourth-order valence-electron chi connectivity index (χ4n) is 0.638. The zero-order valence-electron chi connectivity index (χ0n) is 7.67. The highest BCUT2D eigenvalue weighted by molar-refractivity contribution is 5.77. The number of aliphatic carboxylic acids is 1. The molecule has 0 aliphatic rings. The molecule has 1 atom stereocenters. The van der Waals surface area contributed by atoms with Gasteiger partial charge in [-0.3, -0.25) is 4.79 Å². The second-order valence-corrected chi connectivity index (χ2v) is 3.08. The van der Waals surface area contributed by atoms with Gasteiger partial charge in [0.2, 0.25) is 0 Å². The van der Waals surface area contributed by atoms with Gasteiger partial charge in [-0.15, -0.1) is 0 Å². The maximum Gasteiger partial charge on any atom is 0.323 e. The van der Waals surface area contributed by atoms with Gasteiger partial charge in [-0.05, 0) is 19.8 Å². The van der Waals surface area contributed by atoms with Crippen molar-refractivity contribution in [2.24, 2.45) is 5.73 Å². The van der Waals surface area contributed by atoms with E-state index in [2.05, 4.69) is 0 Å². The molecule has 0 bridgehead atoms. The predicted molar refractivity (Wildman–Crippen MR) is 46.0 cm³/mol. The summed E-state index contributed by atoms with van der Waals surface area (Å²) in [6.45, 7) is 4.56. The zero-order valence-corrected chi connectivity index (χ0v) is 7.67. The highest BCUT2D eigenvalue weighted by Crippen LogP contribution is 2.05. The molecule has 0 aromatic rings. The SMILES string of the molecule is CCCOCCC(C)(N)C(=O)O. The highest BCUT2D eigenvalue weighted by atomic mass is 16.5. The highest BCUT2D eigenvalue weighted by Gasteiger charge is 2.26. The average Bonchev–Trinajstić information content (AvgIpc) is 1.98. The maximum absolute atomic E-state index is 10.5. The van der Waals surface area contributed by atoms with Crippen LogP contribution in [0.1, 0.15) is 26.7 Å². The van der Waals surface area contributed by atoms with Crippen molar-refractivity contribution in [3.05, 3.63) is 0 Å². The van der Waals surface area contributed by atoms with Crippen molar-refractivity contribution in [3.63, 3.8) is 0 Å². The molecule has 0 aromatic heterocycles. The van der Waals surface area contributed by atoms with Gasteiger partial charge in [-0.25, -0.2) is 0 Å². The first-order chi connectivity index (χ1) is 5.50. The van der Waals surface area contributed by atoms with Gasteiger partial charge in [0.05, 0.1) is 0 Å². The van der Waals surface area contributed by atoms with Gasteiger partial charge in [0, 0.05) is 13.2 Å². The molecule has 0 amide bonds. The van der Waals surface area contributed by atoms with E-state index in [0.29, 0.717) is 19.6 Å². The van der Waals surface area contributed by atoms with Gasteiger partial charge in [-0.2, -0.15) is 0 Å². The van der Waals surface area contributed by atoms with E-state index in [1.165, 1.54) is 6.92 Å². The van der Waals surface area contributed by atoms with Crippen molar-refractivity contribution in [2.45, 2.75) is 32.2 Å². The molecule has 0 aliphatic heterocycles. The number of ether oxygens (including phenoxy) is 1. The third kappa shape index (κ3) is 4.31. The van der Waals surface area contributed by atoms with Crippen LogP contribution in [-0.4, -0.2) is 29.8 Å². The number of nitrogens with two attached hydrogens (primary N) is 1. The first kappa shape index (κ1) is 11.4. The van der Waals surface area contributed by atoms with Crippen molar-refractivity contribution >= 4 is 5.97 Å². The quantitative estimate of drug-likeness (QED) is 0.580. The first-order valence-electron chi connectivity index (χ1n) is 4.10. The summed E-state index contributed by atoms with van der Waals surface area (Å²) in [7, 11) is 0. The average molecular weight is 175 g/mol. The molecular formula is C8H17NO3. The van der Waals surface area contributed by atoms with Gasteiger partial charge in [-0.1, -0.05) is 6.92 Å². The van der Waals surface area contributed by atoms with Crippen LogP contribution in [-0.2, 0) is 9.53 Å². The predicted octanol–water partition coefficient (Wildman–Crippen LogP) is 0.605. The number of hydrogen-bond acceptors (Lipinski definition) is 3. The van der Waals surface area contributed by atoms with Crippen molar-refractivity contribution in [1.29, 1.82) is 0 Å². The lowest BCUT2D eigenvalue weighted by molar-refractivity contribution is -0.143. The largest absolute Gasteiger partial charge is 0.480 e. The molecule has 0 rings (SSSR count). The number of carboxylic acid groups (broad SMARTS) is 1. The van der Waals surface area contributed by atoms with Crippen LogP contribution in [0, 0.1) is 0 Å². The Morgan fingerprint density at radius 2 is 2.17 bits per heavy atom. The minimum Gasteiger partial charge on any atom is -0.480 e. The van der Waals surface area contributed by atoms with Gasteiger partial charge in [0.1, 0.15) is 5.54 Å². The fraction of sp³-hybridized carbons (Fsp3) is 0.875.